The second-order valence-electron chi connectivity index (χ2n) is 7.39. The number of nitrogens with zero attached hydrogens (tertiary/aromatic N) is 2. The first-order chi connectivity index (χ1) is 9.61. The lowest BCUT2D eigenvalue weighted by Gasteiger charge is -2.57. The number of aryl methyl sites for hydroxylation is 1. The molecular weight excluding hydrogens is 246 g/mol. The maximum Gasteiger partial charge on any atom is 0.141 e. The average molecular weight is 267 g/mol. The van der Waals surface area contributed by atoms with Crippen molar-refractivity contribution in [3.8, 4) is 6.07 Å². The van der Waals surface area contributed by atoms with E-state index in [1.54, 1.807) is 0 Å². The summed E-state index contributed by atoms with van der Waals surface area (Å²) in [6, 6.07) is 2.34. The van der Waals surface area contributed by atoms with Crippen LogP contribution in [0.4, 0.5) is 5.82 Å². The fourth-order valence-corrected chi connectivity index (χ4v) is 5.83. The van der Waals surface area contributed by atoms with Crippen molar-refractivity contribution >= 4 is 5.82 Å². The third-order valence-corrected chi connectivity index (χ3v) is 5.98. The van der Waals surface area contributed by atoms with Crippen LogP contribution in [0.5, 0.6) is 0 Å². The summed E-state index contributed by atoms with van der Waals surface area (Å²) >= 11 is 0. The SMILES string of the molecule is Cc1cnc(N)c(C#N)c1C12CC3CC(CC(C3)C1)C2. The summed E-state index contributed by atoms with van der Waals surface area (Å²) in [4.78, 5) is 4.19. The Bertz CT molecular complexity index is 576. The third-order valence-electron chi connectivity index (χ3n) is 5.98. The summed E-state index contributed by atoms with van der Waals surface area (Å²) in [5.41, 5.74) is 9.28. The molecular formula is C17H21N3. The van der Waals surface area contributed by atoms with Gasteiger partial charge in [-0.15, -0.1) is 0 Å². The van der Waals surface area contributed by atoms with Crippen LogP contribution >= 0.6 is 0 Å². The first kappa shape index (κ1) is 12.2. The molecule has 1 aromatic rings. The molecule has 0 aliphatic heterocycles. The third kappa shape index (κ3) is 1.54. The van der Waals surface area contributed by atoms with Crippen LogP contribution in [0.15, 0.2) is 6.20 Å². The standard InChI is InChI=1S/C17H21N3/c1-10-9-20-16(19)14(8-18)15(10)17-5-11-2-12(6-17)4-13(3-11)7-17/h9,11-13H,2-7H2,1H3,(H2,19,20). The number of aromatic nitrogens is 1. The largest absolute Gasteiger partial charge is 0.383 e. The molecule has 0 radical (unpaired) electrons. The van der Waals surface area contributed by atoms with Crippen molar-refractivity contribution in [2.24, 2.45) is 17.8 Å². The highest BCUT2D eigenvalue weighted by molar-refractivity contribution is 5.58. The number of rotatable bonds is 1. The molecule has 0 spiro atoms. The lowest BCUT2D eigenvalue weighted by atomic mass is 9.47. The zero-order chi connectivity index (χ0) is 13.9. The van der Waals surface area contributed by atoms with Crippen molar-refractivity contribution in [1.29, 1.82) is 5.26 Å². The van der Waals surface area contributed by atoms with E-state index in [4.69, 9.17) is 5.73 Å². The Morgan fingerprint density at radius 2 is 1.75 bits per heavy atom. The van der Waals surface area contributed by atoms with Crippen LogP contribution in [0.2, 0.25) is 0 Å². The minimum atomic E-state index is 0.223. The fourth-order valence-electron chi connectivity index (χ4n) is 5.83. The molecule has 0 amide bonds. The topological polar surface area (TPSA) is 62.7 Å². The van der Waals surface area contributed by atoms with Crippen LogP contribution in [0.3, 0.4) is 0 Å². The molecule has 0 unspecified atom stereocenters. The van der Waals surface area contributed by atoms with E-state index in [-0.39, 0.29) is 5.41 Å². The van der Waals surface area contributed by atoms with Gasteiger partial charge in [-0.3, -0.25) is 0 Å². The van der Waals surface area contributed by atoms with Crippen LogP contribution in [0.25, 0.3) is 0 Å². The molecule has 4 aliphatic carbocycles. The molecule has 104 valence electrons. The van der Waals surface area contributed by atoms with Gasteiger partial charge >= 0.3 is 0 Å². The van der Waals surface area contributed by atoms with E-state index in [0.717, 1.165) is 23.3 Å². The van der Waals surface area contributed by atoms with Crippen LogP contribution < -0.4 is 5.73 Å². The molecule has 4 fully saturated rings. The van der Waals surface area contributed by atoms with E-state index in [0.29, 0.717) is 11.4 Å². The summed E-state index contributed by atoms with van der Waals surface area (Å²) in [5, 5.41) is 9.56. The number of nitriles is 1. The highest BCUT2D eigenvalue weighted by Crippen LogP contribution is 2.61. The molecule has 4 aliphatic rings. The molecule has 3 heteroatoms. The second-order valence-corrected chi connectivity index (χ2v) is 7.39. The summed E-state index contributed by atoms with van der Waals surface area (Å²) in [6.45, 7) is 2.10. The van der Waals surface area contributed by atoms with E-state index < -0.39 is 0 Å². The molecule has 20 heavy (non-hydrogen) atoms. The van der Waals surface area contributed by atoms with E-state index >= 15 is 0 Å². The van der Waals surface area contributed by atoms with Gasteiger partial charge in [-0.1, -0.05) is 0 Å². The minimum absolute atomic E-state index is 0.223. The maximum absolute atomic E-state index is 9.56. The summed E-state index contributed by atoms with van der Waals surface area (Å²) in [6.07, 6.45) is 9.90. The Hall–Kier alpha value is -1.56. The number of pyridine rings is 1. The van der Waals surface area contributed by atoms with Crippen LogP contribution in [-0.2, 0) is 5.41 Å². The Labute approximate surface area is 120 Å². The van der Waals surface area contributed by atoms with E-state index in [1.165, 1.54) is 44.1 Å². The molecule has 0 atom stereocenters. The highest BCUT2D eigenvalue weighted by atomic mass is 14.8. The van der Waals surface area contributed by atoms with E-state index in [1.807, 2.05) is 6.20 Å². The van der Waals surface area contributed by atoms with Gasteiger partial charge in [0.25, 0.3) is 0 Å². The smallest absolute Gasteiger partial charge is 0.141 e. The molecule has 3 nitrogen and oxygen atoms in total. The van der Waals surface area contributed by atoms with Crippen LogP contribution in [0, 0.1) is 36.0 Å². The van der Waals surface area contributed by atoms with E-state index in [2.05, 4.69) is 18.0 Å². The van der Waals surface area contributed by atoms with Gasteiger partial charge in [0.2, 0.25) is 0 Å². The number of anilines is 1. The van der Waals surface area contributed by atoms with Gasteiger partial charge in [-0.25, -0.2) is 4.98 Å². The van der Waals surface area contributed by atoms with Crippen molar-refractivity contribution in [1.82, 2.24) is 4.98 Å². The molecule has 2 N–H and O–H groups in total. The van der Waals surface area contributed by atoms with Gasteiger partial charge < -0.3 is 5.73 Å². The van der Waals surface area contributed by atoms with Crippen molar-refractivity contribution in [2.75, 3.05) is 5.73 Å². The van der Waals surface area contributed by atoms with Crippen molar-refractivity contribution < 1.29 is 0 Å². The molecule has 5 rings (SSSR count). The molecule has 0 saturated heterocycles. The van der Waals surface area contributed by atoms with Gasteiger partial charge in [0.1, 0.15) is 11.9 Å². The number of nitrogens with two attached hydrogens (primary N) is 1. The Kier molecular flexibility index (Phi) is 2.42. The predicted octanol–water partition coefficient (Wildman–Crippen LogP) is 3.31. The zero-order valence-corrected chi connectivity index (χ0v) is 12.0. The highest BCUT2D eigenvalue weighted by Gasteiger charge is 2.52. The first-order valence-corrected chi connectivity index (χ1v) is 7.77. The Morgan fingerprint density at radius 3 is 2.25 bits per heavy atom. The van der Waals surface area contributed by atoms with Crippen LogP contribution in [0.1, 0.15) is 55.2 Å². The van der Waals surface area contributed by atoms with Crippen LogP contribution in [-0.4, -0.2) is 4.98 Å². The molecule has 1 aromatic heterocycles. The summed E-state index contributed by atoms with van der Waals surface area (Å²) in [5.74, 6) is 3.05. The zero-order valence-electron chi connectivity index (χ0n) is 12.0. The lowest BCUT2D eigenvalue weighted by Crippen LogP contribution is -2.49. The first-order valence-electron chi connectivity index (χ1n) is 7.77. The molecule has 1 heterocycles. The second kappa shape index (κ2) is 3.97. The predicted molar refractivity (Wildman–Crippen MR) is 78.0 cm³/mol. The van der Waals surface area contributed by atoms with Gasteiger partial charge in [0, 0.05) is 6.20 Å². The van der Waals surface area contributed by atoms with Crippen molar-refractivity contribution in [3.05, 3.63) is 22.9 Å². The average Bonchev–Trinajstić information content (AvgIpc) is 2.39. The summed E-state index contributed by atoms with van der Waals surface area (Å²) < 4.78 is 0. The summed E-state index contributed by atoms with van der Waals surface area (Å²) in [7, 11) is 0. The van der Waals surface area contributed by atoms with Gasteiger partial charge in [0.05, 0.1) is 5.56 Å². The Morgan fingerprint density at radius 1 is 1.20 bits per heavy atom. The number of hydrogen-bond acceptors (Lipinski definition) is 3. The molecule has 4 bridgehead atoms. The van der Waals surface area contributed by atoms with Gasteiger partial charge in [0.15, 0.2) is 0 Å². The minimum Gasteiger partial charge on any atom is -0.383 e. The quantitative estimate of drug-likeness (QED) is 0.849. The number of nitrogen functional groups attached to an aromatic ring is 1. The Balaban J connectivity index is 1.89. The van der Waals surface area contributed by atoms with Crippen molar-refractivity contribution in [2.45, 2.75) is 50.9 Å². The lowest BCUT2D eigenvalue weighted by molar-refractivity contribution is -0.00559. The normalized spacial score (nSPS) is 37.9. The maximum atomic E-state index is 9.56. The fraction of sp³-hybridized carbons (Fsp3) is 0.647. The van der Waals surface area contributed by atoms with Gasteiger partial charge in [-0.2, -0.15) is 5.26 Å². The molecule has 0 aromatic carbocycles. The van der Waals surface area contributed by atoms with E-state index in [9.17, 15) is 5.26 Å². The monoisotopic (exact) mass is 267 g/mol. The van der Waals surface area contributed by atoms with Gasteiger partial charge in [-0.05, 0) is 79.7 Å². The number of hydrogen-bond donors (Lipinski definition) is 1. The molecule has 4 saturated carbocycles. The van der Waals surface area contributed by atoms with Crippen molar-refractivity contribution in [3.63, 3.8) is 0 Å².